The zero-order valence-electron chi connectivity index (χ0n) is 6.43. The summed E-state index contributed by atoms with van der Waals surface area (Å²) in [5, 5.41) is 0.655. The highest BCUT2D eigenvalue weighted by Crippen LogP contribution is 2.08. The molecule has 0 spiro atoms. The first-order valence-corrected chi connectivity index (χ1v) is 4.07. The molecule has 9 heavy (non-hydrogen) atoms. The first-order valence-electron chi connectivity index (χ1n) is 2.85. The van der Waals surface area contributed by atoms with Crippen molar-refractivity contribution in [2.75, 3.05) is 6.26 Å². The van der Waals surface area contributed by atoms with Crippen molar-refractivity contribution in [1.29, 1.82) is 0 Å². The van der Waals surface area contributed by atoms with Crippen LogP contribution >= 0.6 is 11.8 Å². The summed E-state index contributed by atoms with van der Waals surface area (Å²) in [5.41, 5.74) is 5.44. The van der Waals surface area contributed by atoms with E-state index in [1.165, 1.54) is 11.8 Å². The van der Waals surface area contributed by atoms with Crippen LogP contribution in [0, 0.1) is 0 Å². The van der Waals surface area contributed by atoms with Crippen molar-refractivity contribution in [2.24, 2.45) is 10.7 Å². The minimum Gasteiger partial charge on any atom is -0.379 e. The van der Waals surface area contributed by atoms with Crippen molar-refractivity contribution in [3.63, 3.8) is 0 Å². The van der Waals surface area contributed by atoms with Crippen LogP contribution in [0.3, 0.4) is 0 Å². The molecular weight excluding hydrogens is 132 g/mol. The zero-order chi connectivity index (χ0) is 7.49. The average molecular weight is 146 g/mol. The first-order chi connectivity index (χ1) is 3.95. The van der Waals surface area contributed by atoms with E-state index < -0.39 is 0 Å². The van der Waals surface area contributed by atoms with Gasteiger partial charge in [-0.2, -0.15) is 0 Å². The molecule has 0 radical (unpaired) electrons. The lowest BCUT2D eigenvalue weighted by molar-refractivity contribution is 0.585. The molecule has 0 aliphatic carbocycles. The van der Waals surface area contributed by atoms with Crippen LogP contribution < -0.4 is 5.73 Å². The molecule has 0 atom stereocenters. The van der Waals surface area contributed by atoms with Crippen LogP contribution in [-0.4, -0.2) is 17.0 Å². The molecule has 0 saturated carbocycles. The third-order valence-corrected chi connectivity index (χ3v) is 1.16. The molecular formula is C6H14N2S. The molecule has 0 aromatic heterocycles. The van der Waals surface area contributed by atoms with Gasteiger partial charge in [0.15, 0.2) is 5.17 Å². The van der Waals surface area contributed by atoms with Gasteiger partial charge in [0.25, 0.3) is 0 Å². The third kappa shape index (κ3) is 5.69. The van der Waals surface area contributed by atoms with Gasteiger partial charge in [0, 0.05) is 0 Å². The Morgan fingerprint density at radius 2 is 1.89 bits per heavy atom. The first kappa shape index (κ1) is 8.82. The van der Waals surface area contributed by atoms with Crippen molar-refractivity contribution in [3.05, 3.63) is 0 Å². The summed E-state index contributed by atoms with van der Waals surface area (Å²) < 4.78 is 0. The van der Waals surface area contributed by atoms with E-state index in [0.717, 1.165) is 0 Å². The molecule has 0 unspecified atom stereocenters. The van der Waals surface area contributed by atoms with E-state index in [4.69, 9.17) is 5.73 Å². The number of aliphatic imine (C=N–C) groups is 1. The second kappa shape index (κ2) is 3.11. The van der Waals surface area contributed by atoms with Crippen LogP contribution in [0.25, 0.3) is 0 Å². The minimum atomic E-state index is -0.0346. The number of amidine groups is 1. The van der Waals surface area contributed by atoms with Gasteiger partial charge in [0.2, 0.25) is 0 Å². The summed E-state index contributed by atoms with van der Waals surface area (Å²) in [4.78, 5) is 4.19. The van der Waals surface area contributed by atoms with Crippen LogP contribution in [0.1, 0.15) is 20.8 Å². The van der Waals surface area contributed by atoms with Gasteiger partial charge >= 0.3 is 0 Å². The van der Waals surface area contributed by atoms with E-state index in [0.29, 0.717) is 5.17 Å². The zero-order valence-corrected chi connectivity index (χ0v) is 7.25. The van der Waals surface area contributed by atoms with E-state index in [9.17, 15) is 0 Å². The molecule has 0 heterocycles. The normalized spacial score (nSPS) is 14.0. The van der Waals surface area contributed by atoms with Crippen molar-refractivity contribution in [3.8, 4) is 0 Å². The Morgan fingerprint density at radius 3 is 2.00 bits per heavy atom. The fourth-order valence-electron chi connectivity index (χ4n) is 0.376. The molecule has 0 saturated heterocycles. The molecule has 0 amide bonds. The molecule has 54 valence electrons. The second-order valence-electron chi connectivity index (χ2n) is 2.82. The standard InChI is InChI=1S/C6H14N2S/c1-6(2,3)8-5(7)9-4/h1-4H3,(H2,7,8). The summed E-state index contributed by atoms with van der Waals surface area (Å²) in [6.45, 7) is 6.07. The molecule has 0 aromatic carbocycles. The maximum atomic E-state index is 5.47. The van der Waals surface area contributed by atoms with Crippen LogP contribution in [0.15, 0.2) is 4.99 Å². The van der Waals surface area contributed by atoms with Gasteiger partial charge in [0.1, 0.15) is 0 Å². The lowest BCUT2D eigenvalue weighted by Gasteiger charge is -2.11. The van der Waals surface area contributed by atoms with Crippen molar-refractivity contribution in [1.82, 2.24) is 0 Å². The van der Waals surface area contributed by atoms with E-state index in [2.05, 4.69) is 4.99 Å². The highest BCUT2D eigenvalue weighted by Gasteiger charge is 2.06. The molecule has 0 rings (SSSR count). The summed E-state index contributed by atoms with van der Waals surface area (Å²) in [6.07, 6.45) is 1.92. The summed E-state index contributed by atoms with van der Waals surface area (Å²) >= 11 is 1.48. The fourth-order valence-corrected chi connectivity index (χ4v) is 0.741. The summed E-state index contributed by atoms with van der Waals surface area (Å²) in [6, 6.07) is 0. The molecule has 2 nitrogen and oxygen atoms in total. The largest absolute Gasteiger partial charge is 0.379 e. The van der Waals surface area contributed by atoms with E-state index in [-0.39, 0.29) is 5.54 Å². The number of nitrogens with zero attached hydrogens (tertiary/aromatic N) is 1. The Labute approximate surface area is 60.9 Å². The molecule has 2 N–H and O–H groups in total. The molecule has 0 aliphatic rings. The Morgan fingerprint density at radius 1 is 1.44 bits per heavy atom. The predicted molar refractivity (Wildman–Crippen MR) is 44.9 cm³/mol. The second-order valence-corrected chi connectivity index (χ2v) is 3.65. The van der Waals surface area contributed by atoms with Gasteiger partial charge in [-0.25, -0.2) is 0 Å². The lowest BCUT2D eigenvalue weighted by atomic mass is 10.1. The molecule has 0 bridgehead atoms. The third-order valence-electron chi connectivity index (χ3n) is 0.655. The Bertz CT molecular complexity index is 113. The predicted octanol–water partition coefficient (Wildman–Crippen LogP) is 1.46. The van der Waals surface area contributed by atoms with Gasteiger partial charge in [-0.1, -0.05) is 11.8 Å². The molecule has 0 aliphatic heterocycles. The van der Waals surface area contributed by atoms with Gasteiger partial charge in [-0.3, -0.25) is 4.99 Å². The quantitative estimate of drug-likeness (QED) is 0.415. The fraction of sp³-hybridized carbons (Fsp3) is 0.833. The smallest absolute Gasteiger partial charge is 0.154 e. The number of rotatable bonds is 0. The Kier molecular flexibility index (Phi) is 3.04. The van der Waals surface area contributed by atoms with E-state index >= 15 is 0 Å². The Balaban J connectivity index is 3.95. The van der Waals surface area contributed by atoms with Gasteiger partial charge < -0.3 is 5.73 Å². The average Bonchev–Trinajstić information content (AvgIpc) is 1.62. The molecule has 0 fully saturated rings. The van der Waals surface area contributed by atoms with Crippen molar-refractivity contribution in [2.45, 2.75) is 26.3 Å². The highest BCUT2D eigenvalue weighted by molar-refractivity contribution is 8.13. The van der Waals surface area contributed by atoms with Crippen LogP contribution in [0.4, 0.5) is 0 Å². The number of nitrogens with two attached hydrogens (primary N) is 1. The van der Waals surface area contributed by atoms with E-state index in [1.807, 2.05) is 27.0 Å². The van der Waals surface area contributed by atoms with Gasteiger partial charge in [-0.15, -0.1) is 0 Å². The van der Waals surface area contributed by atoms with Gasteiger partial charge in [-0.05, 0) is 27.0 Å². The van der Waals surface area contributed by atoms with Crippen molar-refractivity contribution >= 4 is 16.9 Å². The number of hydrogen-bond donors (Lipinski definition) is 1. The summed E-state index contributed by atoms with van der Waals surface area (Å²) in [5.74, 6) is 0. The summed E-state index contributed by atoms with van der Waals surface area (Å²) in [7, 11) is 0. The van der Waals surface area contributed by atoms with Crippen LogP contribution in [-0.2, 0) is 0 Å². The van der Waals surface area contributed by atoms with Crippen LogP contribution in [0.2, 0.25) is 0 Å². The maximum absolute atomic E-state index is 5.47. The highest BCUT2D eigenvalue weighted by atomic mass is 32.2. The van der Waals surface area contributed by atoms with Gasteiger partial charge in [0.05, 0.1) is 5.54 Å². The molecule has 0 aromatic rings. The van der Waals surface area contributed by atoms with Crippen molar-refractivity contribution < 1.29 is 0 Å². The molecule has 3 heteroatoms. The number of thioether (sulfide) groups is 1. The maximum Gasteiger partial charge on any atom is 0.154 e. The number of hydrogen-bond acceptors (Lipinski definition) is 2. The van der Waals surface area contributed by atoms with Crippen LogP contribution in [0.5, 0.6) is 0 Å². The SMILES string of the molecule is CS/C(N)=N\C(C)(C)C. The van der Waals surface area contributed by atoms with E-state index in [1.54, 1.807) is 0 Å². The lowest BCUT2D eigenvalue weighted by Crippen LogP contribution is -2.17. The Hall–Kier alpha value is -0.180. The topological polar surface area (TPSA) is 38.4 Å². The monoisotopic (exact) mass is 146 g/mol. The minimum absolute atomic E-state index is 0.0346.